The quantitative estimate of drug-likeness (QED) is 0.321. The third kappa shape index (κ3) is 36.7. The monoisotopic (exact) mass is 402 g/mol. The van der Waals surface area contributed by atoms with Crippen molar-refractivity contribution in [2.24, 2.45) is 0 Å². The predicted molar refractivity (Wildman–Crippen MR) is 71.5 cm³/mol. The van der Waals surface area contributed by atoms with E-state index >= 15 is 0 Å². The molecule has 0 aliphatic rings. The van der Waals surface area contributed by atoms with Crippen molar-refractivity contribution >= 4 is 245 Å². The van der Waals surface area contributed by atoms with E-state index in [9.17, 15) is 14.4 Å². The topological polar surface area (TPSA) is 110 Å². The molecule has 13 heteroatoms. The first kappa shape index (κ1) is 43.0. The maximum Gasteiger partial charge on any atom is 2.00 e. The maximum atomic E-state index is 9.86. The summed E-state index contributed by atoms with van der Waals surface area (Å²) in [4.78, 5) is 28.8. The summed E-state index contributed by atoms with van der Waals surface area (Å²) in [6.07, 6.45) is -5.64. The number of hydrogen-bond acceptors (Lipinski definition) is 5. The Bertz CT molecular complexity index is 195. The maximum absolute atomic E-state index is 9.86. The van der Waals surface area contributed by atoms with Gasteiger partial charge >= 0.3 is 245 Å². The summed E-state index contributed by atoms with van der Waals surface area (Å²) in [5.41, 5.74) is 0. The molecule has 0 unspecified atom stereocenters. The van der Waals surface area contributed by atoms with Gasteiger partial charge < -0.3 is 36.8 Å². The molecule has 0 saturated carbocycles. The van der Waals surface area contributed by atoms with Crippen molar-refractivity contribution in [2.45, 2.75) is 0 Å². The summed E-state index contributed by atoms with van der Waals surface area (Å²) in [5.74, 6) is 0. The molecule has 0 amide bonds. The van der Waals surface area contributed by atoms with Gasteiger partial charge in [0.05, 0.1) is 0 Å². The molecule has 0 heterocycles. The number of hydrogen-bond donors (Lipinski definition) is 2. The minimum Gasteiger partial charge on any atom is -1.00 e. The fourth-order valence-electron chi connectivity index (χ4n) is 0.163. The molecule has 0 bridgehead atoms. The molecule has 0 aliphatic carbocycles. The van der Waals surface area contributed by atoms with Gasteiger partial charge in [-0.2, -0.15) is 0 Å². The zero-order chi connectivity index (χ0) is 8.15. The first-order chi connectivity index (χ1) is 4.52. The first-order valence-electron chi connectivity index (χ1n) is 1.88. The molecule has 0 radical (unpaired) electrons. The Labute approximate surface area is 288 Å². The number of rotatable bonds is 0. The van der Waals surface area contributed by atoms with Crippen molar-refractivity contribution in [3.05, 3.63) is 0 Å². The average Bonchev–Trinajstić information content (AvgIpc) is 1.58. The number of carbonyl (C=O) groups is 3. The van der Waals surface area contributed by atoms with Gasteiger partial charge in [-0.15, -0.1) is 0 Å². The van der Waals surface area contributed by atoms with Crippen LogP contribution in [0.25, 0.3) is 0 Å². The molecule has 16 heavy (non-hydrogen) atoms. The standard InChI is InChI=1S/C3H2O7.6Ca.12H/c4-1(5)9-3(8)10-2(6)7;;;;;;;;;;;;;;;;;;/h(H,4,5)(H,6,7);;;;;;;;;;;;;;;;;;/q;6*+2;12*-1. The summed E-state index contributed by atoms with van der Waals surface area (Å²) in [6, 6.07) is 0. The second-order valence-electron chi connectivity index (χ2n) is 0.986. The normalized spacial score (nSPS) is 5.00. The Morgan fingerprint density at radius 1 is 0.688 bits per heavy atom. The molecule has 0 rings (SSSR count). The van der Waals surface area contributed by atoms with E-state index in [0.717, 1.165) is 0 Å². The van der Waals surface area contributed by atoms with Gasteiger partial charge in [0, 0.05) is 0 Å². The fraction of sp³-hybridized carbons (Fsp3) is 0. The van der Waals surface area contributed by atoms with Crippen molar-refractivity contribution in [1.29, 1.82) is 0 Å². The number of ether oxygens (including phenoxy) is 2. The van der Waals surface area contributed by atoms with Crippen LogP contribution in [0.1, 0.15) is 17.1 Å². The van der Waals surface area contributed by atoms with Gasteiger partial charge in [0.1, 0.15) is 0 Å². The van der Waals surface area contributed by atoms with Crippen LogP contribution in [0.5, 0.6) is 0 Å². The van der Waals surface area contributed by atoms with Crippen LogP contribution in [-0.2, 0) is 9.47 Å². The van der Waals surface area contributed by atoms with Crippen LogP contribution in [0.2, 0.25) is 0 Å². The van der Waals surface area contributed by atoms with Crippen LogP contribution in [0.3, 0.4) is 0 Å². The molecular formula is C3H14Ca6O7. The van der Waals surface area contributed by atoms with Gasteiger partial charge in [-0.25, -0.2) is 14.4 Å². The second kappa shape index (κ2) is 28.9. The van der Waals surface area contributed by atoms with Crippen LogP contribution in [0.15, 0.2) is 0 Å². The van der Waals surface area contributed by atoms with E-state index in [0.29, 0.717) is 0 Å². The Morgan fingerprint density at radius 2 is 0.875 bits per heavy atom. The molecule has 80 valence electrons. The molecule has 0 aromatic heterocycles. The Morgan fingerprint density at radius 3 is 1.00 bits per heavy atom. The summed E-state index contributed by atoms with van der Waals surface area (Å²) >= 11 is 0. The minimum atomic E-state index is -1.92. The zero-order valence-electron chi connectivity index (χ0n) is 20.7. The third-order valence-corrected chi connectivity index (χ3v) is 0.341. The van der Waals surface area contributed by atoms with Crippen molar-refractivity contribution in [2.75, 3.05) is 0 Å². The van der Waals surface area contributed by atoms with E-state index in [4.69, 9.17) is 10.2 Å². The third-order valence-electron chi connectivity index (χ3n) is 0.341. The van der Waals surface area contributed by atoms with Gasteiger partial charge in [-0.3, -0.25) is 0 Å². The van der Waals surface area contributed by atoms with Crippen molar-refractivity contribution in [1.82, 2.24) is 0 Å². The molecule has 0 aromatic rings. The van der Waals surface area contributed by atoms with Gasteiger partial charge in [0.25, 0.3) is 0 Å². The van der Waals surface area contributed by atoms with E-state index in [1.165, 1.54) is 0 Å². The van der Waals surface area contributed by atoms with Crippen LogP contribution >= 0.6 is 0 Å². The van der Waals surface area contributed by atoms with Crippen LogP contribution < -0.4 is 0 Å². The number of carbonyl (C=O) groups excluding carboxylic acids is 1. The molecule has 0 saturated heterocycles. The van der Waals surface area contributed by atoms with Crippen LogP contribution in [0, 0.1) is 0 Å². The Balaban J connectivity index is -0.00000000265. The van der Waals surface area contributed by atoms with E-state index in [1.807, 2.05) is 0 Å². The van der Waals surface area contributed by atoms with Crippen LogP contribution in [0.4, 0.5) is 14.4 Å². The minimum absolute atomic E-state index is 0. The predicted octanol–water partition coefficient (Wildman–Crippen LogP) is -0.439. The molecule has 0 spiro atoms. The largest absolute Gasteiger partial charge is 2.00 e. The van der Waals surface area contributed by atoms with Crippen LogP contribution in [-0.4, -0.2) is 255 Å². The molecule has 0 atom stereocenters. The Hall–Kier alpha value is 5.77. The smallest absolute Gasteiger partial charge is 1.00 e. The fourth-order valence-corrected chi connectivity index (χ4v) is 0.163. The van der Waals surface area contributed by atoms with Gasteiger partial charge in [-0.05, 0) is 0 Å². The van der Waals surface area contributed by atoms with Crippen molar-refractivity contribution < 1.29 is 51.2 Å². The second-order valence-corrected chi connectivity index (χ2v) is 0.986. The first-order valence-corrected chi connectivity index (χ1v) is 1.88. The SMILES string of the molecule is O=C(O)OC(=O)OC(=O)O.[Ca+2].[Ca+2].[Ca+2].[Ca+2].[Ca+2].[Ca+2].[H-].[H-].[H-].[H-].[H-].[H-].[H-].[H-].[H-].[H-].[H-].[H-]. The summed E-state index contributed by atoms with van der Waals surface area (Å²) in [5, 5.41) is 15.4. The zero-order valence-corrected chi connectivity index (χ0v) is 21.9. The molecule has 7 nitrogen and oxygen atoms in total. The summed E-state index contributed by atoms with van der Waals surface area (Å²) < 4.78 is 6.47. The summed E-state index contributed by atoms with van der Waals surface area (Å²) in [6.45, 7) is 0. The Kier molecular flexibility index (Phi) is 77.7. The van der Waals surface area contributed by atoms with Gasteiger partial charge in [0.2, 0.25) is 0 Å². The van der Waals surface area contributed by atoms with E-state index in [1.54, 1.807) is 0 Å². The molecular weight excluding hydrogens is 388 g/mol. The molecule has 0 aliphatic heterocycles. The van der Waals surface area contributed by atoms with Gasteiger partial charge in [-0.1, -0.05) is 0 Å². The molecule has 0 fully saturated rings. The van der Waals surface area contributed by atoms with Crippen molar-refractivity contribution in [3.8, 4) is 0 Å². The van der Waals surface area contributed by atoms with E-state index in [2.05, 4.69) is 9.47 Å². The molecule has 2 N–H and O–H groups in total. The van der Waals surface area contributed by atoms with Crippen molar-refractivity contribution in [3.63, 3.8) is 0 Å². The summed E-state index contributed by atoms with van der Waals surface area (Å²) in [7, 11) is 0. The van der Waals surface area contributed by atoms with E-state index < -0.39 is 18.5 Å². The molecule has 0 aromatic carbocycles. The number of carboxylic acid groups (broad SMARTS) is 2. The average molecular weight is 403 g/mol. The van der Waals surface area contributed by atoms with Gasteiger partial charge in [0.15, 0.2) is 0 Å². The van der Waals surface area contributed by atoms with E-state index in [-0.39, 0.29) is 244 Å².